The topological polar surface area (TPSA) is 78.4 Å². The highest BCUT2D eigenvalue weighted by molar-refractivity contribution is 8.01. The molecule has 0 unspecified atom stereocenters. The van der Waals surface area contributed by atoms with Crippen molar-refractivity contribution in [3.63, 3.8) is 0 Å². The maximum Gasteiger partial charge on any atom is 0.253 e. The van der Waals surface area contributed by atoms with Gasteiger partial charge in [0, 0.05) is 37.4 Å². The Bertz CT molecular complexity index is 1040. The molecule has 10 heteroatoms. The van der Waals surface area contributed by atoms with Crippen LogP contribution in [-0.4, -0.2) is 58.8 Å². The lowest BCUT2D eigenvalue weighted by Gasteiger charge is -2.34. The van der Waals surface area contributed by atoms with Crippen molar-refractivity contribution >= 4 is 45.7 Å². The summed E-state index contributed by atoms with van der Waals surface area (Å²) in [5, 5.41) is 12.0. The maximum absolute atomic E-state index is 13.1. The number of aromatic nitrogens is 2. The SMILES string of the molecule is O=C(CSc1nnc(N2CCN(C(=O)c3ccc(F)cc3)CC2)s1)Nc1ccccc1. The molecule has 160 valence electrons. The fraction of sp³-hybridized carbons (Fsp3) is 0.238. The summed E-state index contributed by atoms with van der Waals surface area (Å²) in [6.07, 6.45) is 0. The van der Waals surface area contributed by atoms with E-state index >= 15 is 0 Å². The van der Waals surface area contributed by atoms with E-state index in [4.69, 9.17) is 0 Å². The minimum atomic E-state index is -0.358. The number of nitrogens with one attached hydrogen (secondary N) is 1. The van der Waals surface area contributed by atoms with Crippen LogP contribution in [0.25, 0.3) is 0 Å². The number of rotatable bonds is 6. The van der Waals surface area contributed by atoms with Crippen molar-refractivity contribution in [1.29, 1.82) is 0 Å². The molecule has 1 N–H and O–H groups in total. The smallest absolute Gasteiger partial charge is 0.253 e. The molecule has 0 aliphatic carbocycles. The lowest BCUT2D eigenvalue weighted by atomic mass is 10.2. The zero-order valence-electron chi connectivity index (χ0n) is 16.5. The Balaban J connectivity index is 1.25. The Morgan fingerprint density at radius 3 is 2.42 bits per heavy atom. The Hall–Kier alpha value is -2.98. The summed E-state index contributed by atoms with van der Waals surface area (Å²) in [5.41, 5.74) is 1.25. The molecule has 3 aromatic rings. The normalized spacial score (nSPS) is 13.8. The van der Waals surface area contributed by atoms with Crippen LogP contribution in [0.1, 0.15) is 10.4 Å². The van der Waals surface area contributed by atoms with Crippen molar-refractivity contribution in [3.8, 4) is 0 Å². The summed E-state index contributed by atoms with van der Waals surface area (Å²) in [7, 11) is 0. The zero-order chi connectivity index (χ0) is 21.6. The number of nitrogens with zero attached hydrogens (tertiary/aromatic N) is 4. The number of carbonyl (C=O) groups excluding carboxylic acids is 2. The molecule has 1 fully saturated rings. The highest BCUT2D eigenvalue weighted by atomic mass is 32.2. The number of piperazine rings is 1. The van der Waals surface area contributed by atoms with Crippen LogP contribution in [0.5, 0.6) is 0 Å². The average Bonchev–Trinajstić information content (AvgIpc) is 3.28. The van der Waals surface area contributed by atoms with Gasteiger partial charge in [-0.15, -0.1) is 10.2 Å². The molecular weight excluding hydrogens is 437 g/mol. The first kappa shape index (κ1) is 21.3. The molecule has 2 heterocycles. The van der Waals surface area contributed by atoms with Crippen LogP contribution in [0.3, 0.4) is 0 Å². The zero-order valence-corrected chi connectivity index (χ0v) is 18.2. The van der Waals surface area contributed by atoms with Crippen LogP contribution in [0.15, 0.2) is 58.9 Å². The summed E-state index contributed by atoms with van der Waals surface area (Å²) in [5.74, 6) is -0.300. The van der Waals surface area contributed by atoms with Crippen LogP contribution < -0.4 is 10.2 Å². The van der Waals surface area contributed by atoms with E-state index in [2.05, 4.69) is 20.4 Å². The lowest BCUT2D eigenvalue weighted by Crippen LogP contribution is -2.48. The standard InChI is InChI=1S/C21H20FN5O2S2/c22-16-8-6-15(7-9-16)19(29)26-10-12-27(13-11-26)20-24-25-21(31-20)30-14-18(28)23-17-4-2-1-3-5-17/h1-9H,10-14H2,(H,23,28). The molecule has 0 spiro atoms. The molecule has 0 radical (unpaired) electrons. The predicted molar refractivity (Wildman–Crippen MR) is 120 cm³/mol. The Morgan fingerprint density at radius 2 is 1.71 bits per heavy atom. The van der Waals surface area contributed by atoms with Gasteiger partial charge in [0.1, 0.15) is 5.82 Å². The summed E-state index contributed by atoms with van der Waals surface area (Å²) in [6, 6.07) is 14.9. The molecule has 7 nitrogen and oxygen atoms in total. The van der Waals surface area contributed by atoms with E-state index in [0.717, 1.165) is 15.2 Å². The molecule has 1 aliphatic rings. The van der Waals surface area contributed by atoms with E-state index in [1.807, 2.05) is 30.3 Å². The van der Waals surface area contributed by atoms with E-state index in [9.17, 15) is 14.0 Å². The van der Waals surface area contributed by atoms with E-state index < -0.39 is 0 Å². The van der Waals surface area contributed by atoms with Gasteiger partial charge < -0.3 is 15.1 Å². The van der Waals surface area contributed by atoms with E-state index in [1.165, 1.54) is 47.4 Å². The van der Waals surface area contributed by atoms with E-state index in [-0.39, 0.29) is 23.4 Å². The van der Waals surface area contributed by atoms with Crippen LogP contribution >= 0.6 is 23.1 Å². The van der Waals surface area contributed by atoms with Gasteiger partial charge in [0.25, 0.3) is 5.91 Å². The second-order valence-corrected chi connectivity index (χ2v) is 9.02. The third-order valence-corrected chi connectivity index (χ3v) is 6.83. The van der Waals surface area contributed by atoms with Gasteiger partial charge in [0.2, 0.25) is 11.0 Å². The molecule has 2 amide bonds. The third-order valence-electron chi connectivity index (χ3n) is 4.71. The van der Waals surface area contributed by atoms with Crippen LogP contribution in [0.2, 0.25) is 0 Å². The number of amides is 2. The monoisotopic (exact) mass is 457 g/mol. The van der Waals surface area contributed by atoms with Crippen molar-refractivity contribution in [2.24, 2.45) is 0 Å². The minimum absolute atomic E-state index is 0.0964. The fourth-order valence-electron chi connectivity index (χ4n) is 3.11. The molecule has 0 bridgehead atoms. The van der Waals surface area contributed by atoms with Crippen LogP contribution in [0, 0.1) is 5.82 Å². The van der Waals surface area contributed by atoms with E-state index in [1.54, 1.807) is 4.90 Å². The molecule has 1 aliphatic heterocycles. The van der Waals surface area contributed by atoms with Gasteiger partial charge in [-0.3, -0.25) is 9.59 Å². The second-order valence-electron chi connectivity index (χ2n) is 6.84. The first-order valence-electron chi connectivity index (χ1n) is 9.69. The van der Waals surface area contributed by atoms with Crippen molar-refractivity contribution in [1.82, 2.24) is 15.1 Å². The summed E-state index contributed by atoms with van der Waals surface area (Å²) in [4.78, 5) is 28.5. The largest absolute Gasteiger partial charge is 0.343 e. The molecule has 0 saturated carbocycles. The van der Waals surface area contributed by atoms with Gasteiger partial charge in [-0.1, -0.05) is 41.3 Å². The number of thioether (sulfide) groups is 1. The summed E-state index contributed by atoms with van der Waals surface area (Å²) >= 11 is 2.78. The number of anilines is 2. The predicted octanol–water partition coefficient (Wildman–Crippen LogP) is 3.37. The molecule has 4 rings (SSSR count). The average molecular weight is 458 g/mol. The van der Waals surface area contributed by atoms with Crippen molar-refractivity contribution in [2.75, 3.05) is 42.1 Å². The van der Waals surface area contributed by atoms with Crippen molar-refractivity contribution in [3.05, 3.63) is 66.0 Å². The van der Waals surface area contributed by atoms with Gasteiger partial charge >= 0.3 is 0 Å². The highest BCUT2D eigenvalue weighted by Gasteiger charge is 2.24. The molecular formula is C21H20FN5O2S2. The van der Waals surface area contributed by atoms with Gasteiger partial charge in [-0.25, -0.2) is 4.39 Å². The number of para-hydroxylation sites is 1. The number of hydrogen-bond acceptors (Lipinski definition) is 7. The van der Waals surface area contributed by atoms with Gasteiger partial charge in [0.15, 0.2) is 4.34 Å². The number of hydrogen-bond donors (Lipinski definition) is 1. The molecule has 0 atom stereocenters. The summed E-state index contributed by atoms with van der Waals surface area (Å²) < 4.78 is 13.8. The number of benzene rings is 2. The Morgan fingerprint density at radius 1 is 1.00 bits per heavy atom. The number of halogens is 1. The van der Waals surface area contributed by atoms with Gasteiger partial charge in [-0.2, -0.15) is 0 Å². The first-order chi connectivity index (χ1) is 15.1. The maximum atomic E-state index is 13.1. The van der Waals surface area contributed by atoms with Crippen LogP contribution in [0.4, 0.5) is 15.2 Å². The van der Waals surface area contributed by atoms with Gasteiger partial charge in [0.05, 0.1) is 5.75 Å². The quantitative estimate of drug-likeness (QED) is 0.572. The third kappa shape index (κ3) is 5.59. The van der Waals surface area contributed by atoms with Crippen LogP contribution in [-0.2, 0) is 4.79 Å². The van der Waals surface area contributed by atoms with E-state index in [0.29, 0.717) is 31.7 Å². The molecule has 1 saturated heterocycles. The minimum Gasteiger partial charge on any atom is -0.343 e. The molecule has 31 heavy (non-hydrogen) atoms. The van der Waals surface area contributed by atoms with Crippen molar-refractivity contribution < 1.29 is 14.0 Å². The fourth-order valence-corrected chi connectivity index (χ4v) is 4.80. The second kappa shape index (κ2) is 9.88. The molecule has 1 aromatic heterocycles. The first-order valence-corrected chi connectivity index (χ1v) is 11.5. The summed E-state index contributed by atoms with van der Waals surface area (Å²) in [6.45, 7) is 2.39. The Kier molecular flexibility index (Phi) is 6.78. The number of carbonyl (C=O) groups is 2. The van der Waals surface area contributed by atoms with Gasteiger partial charge in [-0.05, 0) is 36.4 Å². The highest BCUT2D eigenvalue weighted by Crippen LogP contribution is 2.29. The Labute approximate surface area is 187 Å². The molecule has 2 aromatic carbocycles. The van der Waals surface area contributed by atoms with Crippen molar-refractivity contribution in [2.45, 2.75) is 4.34 Å². The lowest BCUT2D eigenvalue weighted by molar-refractivity contribution is -0.113.